The molecule has 0 aromatic heterocycles. The van der Waals surface area contributed by atoms with E-state index in [1.165, 1.54) is 16.7 Å². The number of fused-ring (bicyclic) bond motifs is 1. The van der Waals surface area contributed by atoms with Crippen LogP contribution in [0, 0.1) is 0 Å². The second kappa shape index (κ2) is 4.96. The molecule has 19 heavy (non-hydrogen) atoms. The minimum Gasteiger partial charge on any atom is -0.497 e. The van der Waals surface area contributed by atoms with E-state index in [0.29, 0.717) is 5.92 Å². The van der Waals surface area contributed by atoms with Gasteiger partial charge in [0.25, 0.3) is 0 Å². The van der Waals surface area contributed by atoms with Crippen LogP contribution in [-0.2, 0) is 12.8 Å². The molecule has 2 heteroatoms. The standard InChI is InChI=1S/C17H19NO/c1-19-15-9-8-12-10-14(7-6-13(12)11-15)16-4-2-3-5-17(16)18/h2-5,8-9,11,14H,6-7,10,18H2,1H3/t14-/m0/s1. The Morgan fingerprint density at radius 3 is 2.74 bits per heavy atom. The molecule has 1 aliphatic carbocycles. The van der Waals surface area contributed by atoms with Gasteiger partial charge in [-0.15, -0.1) is 0 Å². The van der Waals surface area contributed by atoms with Crippen LogP contribution in [0.25, 0.3) is 0 Å². The minimum absolute atomic E-state index is 0.544. The predicted octanol–water partition coefficient (Wildman–Crippen LogP) is 3.55. The lowest BCUT2D eigenvalue weighted by atomic mass is 9.79. The molecule has 0 radical (unpaired) electrons. The summed E-state index contributed by atoms with van der Waals surface area (Å²) in [6.45, 7) is 0. The number of hydrogen-bond acceptors (Lipinski definition) is 2. The number of rotatable bonds is 2. The van der Waals surface area contributed by atoms with Crippen LogP contribution in [0.5, 0.6) is 5.75 Å². The van der Waals surface area contributed by atoms with Crippen molar-refractivity contribution in [1.29, 1.82) is 0 Å². The van der Waals surface area contributed by atoms with Gasteiger partial charge in [0.05, 0.1) is 7.11 Å². The Morgan fingerprint density at radius 1 is 1.11 bits per heavy atom. The number of ether oxygens (including phenoxy) is 1. The van der Waals surface area contributed by atoms with Gasteiger partial charge in [0.1, 0.15) is 5.75 Å². The molecule has 0 saturated heterocycles. The van der Waals surface area contributed by atoms with Gasteiger partial charge < -0.3 is 10.5 Å². The third kappa shape index (κ3) is 2.30. The lowest BCUT2D eigenvalue weighted by Gasteiger charge is -2.26. The van der Waals surface area contributed by atoms with E-state index in [9.17, 15) is 0 Å². The van der Waals surface area contributed by atoms with E-state index in [0.717, 1.165) is 30.7 Å². The lowest BCUT2D eigenvalue weighted by Crippen LogP contribution is -2.14. The zero-order valence-corrected chi connectivity index (χ0v) is 11.2. The van der Waals surface area contributed by atoms with Crippen molar-refractivity contribution in [3.63, 3.8) is 0 Å². The van der Waals surface area contributed by atoms with E-state index in [2.05, 4.69) is 30.3 Å². The lowest BCUT2D eigenvalue weighted by molar-refractivity contribution is 0.413. The Kier molecular flexibility index (Phi) is 3.16. The average Bonchev–Trinajstić information content (AvgIpc) is 2.46. The molecular formula is C17H19NO. The van der Waals surface area contributed by atoms with E-state index in [4.69, 9.17) is 10.5 Å². The Hall–Kier alpha value is -1.96. The number of aryl methyl sites for hydroxylation is 1. The number of nitrogens with two attached hydrogens (primary N) is 1. The fraction of sp³-hybridized carbons (Fsp3) is 0.294. The minimum atomic E-state index is 0.544. The first-order chi connectivity index (χ1) is 9.28. The van der Waals surface area contributed by atoms with Gasteiger partial charge in [-0.05, 0) is 60.1 Å². The van der Waals surface area contributed by atoms with E-state index in [-0.39, 0.29) is 0 Å². The molecule has 1 aliphatic rings. The number of nitrogen functional groups attached to an aromatic ring is 1. The summed E-state index contributed by atoms with van der Waals surface area (Å²) in [5.74, 6) is 1.50. The van der Waals surface area contributed by atoms with E-state index in [1.54, 1.807) is 7.11 Å². The molecule has 1 atom stereocenters. The fourth-order valence-corrected chi connectivity index (χ4v) is 3.01. The maximum Gasteiger partial charge on any atom is 0.119 e. The highest BCUT2D eigenvalue weighted by Gasteiger charge is 2.21. The van der Waals surface area contributed by atoms with Crippen molar-refractivity contribution in [3.8, 4) is 5.75 Å². The van der Waals surface area contributed by atoms with Gasteiger partial charge in [-0.25, -0.2) is 0 Å². The summed E-state index contributed by atoms with van der Waals surface area (Å²) in [5, 5.41) is 0. The van der Waals surface area contributed by atoms with Gasteiger partial charge in [0.15, 0.2) is 0 Å². The molecule has 2 nitrogen and oxygen atoms in total. The summed E-state index contributed by atoms with van der Waals surface area (Å²) in [6.07, 6.45) is 3.34. The van der Waals surface area contributed by atoms with Crippen molar-refractivity contribution in [3.05, 3.63) is 59.2 Å². The predicted molar refractivity (Wildman–Crippen MR) is 78.6 cm³/mol. The third-order valence-corrected chi connectivity index (χ3v) is 4.08. The molecule has 0 aliphatic heterocycles. The van der Waals surface area contributed by atoms with Gasteiger partial charge in [-0.2, -0.15) is 0 Å². The highest BCUT2D eigenvalue weighted by molar-refractivity contribution is 5.50. The summed E-state index contributed by atoms with van der Waals surface area (Å²) in [4.78, 5) is 0. The van der Waals surface area contributed by atoms with Crippen molar-refractivity contribution in [2.45, 2.75) is 25.2 Å². The van der Waals surface area contributed by atoms with Crippen LogP contribution >= 0.6 is 0 Å². The molecule has 98 valence electrons. The normalized spacial score (nSPS) is 17.8. The molecule has 0 bridgehead atoms. The van der Waals surface area contributed by atoms with Crippen molar-refractivity contribution in [2.24, 2.45) is 0 Å². The van der Waals surface area contributed by atoms with Crippen molar-refractivity contribution in [2.75, 3.05) is 12.8 Å². The summed E-state index contributed by atoms with van der Waals surface area (Å²) in [6, 6.07) is 14.7. The fourth-order valence-electron chi connectivity index (χ4n) is 3.01. The molecule has 3 rings (SSSR count). The van der Waals surface area contributed by atoms with Gasteiger partial charge in [-0.1, -0.05) is 24.3 Å². The molecule has 0 fully saturated rings. The molecule has 0 amide bonds. The second-order valence-corrected chi connectivity index (χ2v) is 5.20. The molecule has 0 heterocycles. The summed E-state index contributed by atoms with van der Waals surface area (Å²) in [7, 11) is 1.72. The average molecular weight is 253 g/mol. The van der Waals surface area contributed by atoms with Gasteiger partial charge in [0.2, 0.25) is 0 Å². The SMILES string of the molecule is COc1ccc2c(c1)CC[C@H](c1ccccc1N)C2. The summed E-state index contributed by atoms with van der Waals surface area (Å²) < 4.78 is 5.29. The monoisotopic (exact) mass is 253 g/mol. The van der Waals surface area contributed by atoms with E-state index in [1.807, 2.05) is 12.1 Å². The molecule has 2 aromatic carbocycles. The topological polar surface area (TPSA) is 35.2 Å². The van der Waals surface area contributed by atoms with Crippen molar-refractivity contribution >= 4 is 5.69 Å². The molecule has 0 saturated carbocycles. The highest BCUT2D eigenvalue weighted by Crippen LogP contribution is 2.36. The van der Waals surface area contributed by atoms with Crippen LogP contribution in [0.15, 0.2) is 42.5 Å². The number of benzene rings is 2. The second-order valence-electron chi connectivity index (χ2n) is 5.20. The smallest absolute Gasteiger partial charge is 0.119 e. The zero-order chi connectivity index (χ0) is 13.2. The number of anilines is 1. The van der Waals surface area contributed by atoms with Crippen molar-refractivity contribution < 1.29 is 4.74 Å². The maximum atomic E-state index is 6.10. The first kappa shape index (κ1) is 12.1. The van der Waals surface area contributed by atoms with Gasteiger partial charge in [0, 0.05) is 5.69 Å². The Labute approximate surface area is 114 Å². The number of methoxy groups -OCH3 is 1. The molecule has 2 N–H and O–H groups in total. The summed E-state index contributed by atoms with van der Waals surface area (Å²) in [5.41, 5.74) is 11.2. The van der Waals surface area contributed by atoms with Crippen LogP contribution < -0.4 is 10.5 Å². The maximum absolute atomic E-state index is 6.10. The molecule has 0 spiro atoms. The van der Waals surface area contributed by atoms with Crippen molar-refractivity contribution in [1.82, 2.24) is 0 Å². The van der Waals surface area contributed by atoms with E-state index >= 15 is 0 Å². The van der Waals surface area contributed by atoms with Crippen LogP contribution in [-0.4, -0.2) is 7.11 Å². The summed E-state index contributed by atoms with van der Waals surface area (Å²) >= 11 is 0. The number of para-hydroxylation sites is 1. The largest absolute Gasteiger partial charge is 0.497 e. The molecular weight excluding hydrogens is 234 g/mol. The number of hydrogen-bond donors (Lipinski definition) is 1. The Balaban J connectivity index is 1.88. The first-order valence-corrected chi connectivity index (χ1v) is 6.78. The molecule has 2 aromatic rings. The van der Waals surface area contributed by atoms with Crippen LogP contribution in [0.2, 0.25) is 0 Å². The van der Waals surface area contributed by atoms with E-state index < -0.39 is 0 Å². The van der Waals surface area contributed by atoms with Gasteiger partial charge in [-0.3, -0.25) is 0 Å². The highest BCUT2D eigenvalue weighted by atomic mass is 16.5. The third-order valence-electron chi connectivity index (χ3n) is 4.08. The Bertz CT molecular complexity index is 592. The van der Waals surface area contributed by atoms with Crippen LogP contribution in [0.3, 0.4) is 0 Å². The molecule has 0 unspecified atom stereocenters. The zero-order valence-electron chi connectivity index (χ0n) is 11.2. The van der Waals surface area contributed by atoms with Crippen LogP contribution in [0.1, 0.15) is 29.0 Å². The first-order valence-electron chi connectivity index (χ1n) is 6.78. The Morgan fingerprint density at radius 2 is 1.95 bits per heavy atom. The van der Waals surface area contributed by atoms with Gasteiger partial charge >= 0.3 is 0 Å². The quantitative estimate of drug-likeness (QED) is 0.831. The van der Waals surface area contributed by atoms with Crippen LogP contribution in [0.4, 0.5) is 5.69 Å².